The Bertz CT molecular complexity index is 513. The Hall–Kier alpha value is -2.57. The third kappa shape index (κ3) is 3.71. The minimum absolute atomic E-state index is 0.305. The molecule has 0 fully saturated rings. The summed E-state index contributed by atoms with van der Waals surface area (Å²) in [6.07, 6.45) is 0.305. The van der Waals surface area contributed by atoms with E-state index in [1.54, 1.807) is 6.92 Å². The summed E-state index contributed by atoms with van der Waals surface area (Å²) in [6, 6.07) is 4.57. The van der Waals surface area contributed by atoms with E-state index >= 15 is 0 Å². The predicted molar refractivity (Wildman–Crippen MR) is 73.5 cm³/mol. The van der Waals surface area contributed by atoms with E-state index in [4.69, 9.17) is 10.8 Å². The van der Waals surface area contributed by atoms with Crippen LogP contribution in [0.25, 0.3) is 0 Å². The van der Waals surface area contributed by atoms with E-state index < -0.39 is 23.9 Å². The Kier molecular flexibility index (Phi) is 5.08. The van der Waals surface area contributed by atoms with E-state index in [0.717, 1.165) is 4.90 Å². The molecule has 4 N–H and O–H groups in total. The van der Waals surface area contributed by atoms with Gasteiger partial charge in [0.15, 0.2) is 0 Å². The second kappa shape index (κ2) is 6.55. The molecule has 7 heteroatoms. The number of nitrogens with one attached hydrogen (secondary N) is 1. The summed E-state index contributed by atoms with van der Waals surface area (Å²) in [5.74, 6) is -1.62. The number of aliphatic carboxylic acids is 1. The van der Waals surface area contributed by atoms with E-state index in [-0.39, 0.29) is 0 Å². The van der Waals surface area contributed by atoms with Crippen LogP contribution in [0.1, 0.15) is 23.7 Å². The first kappa shape index (κ1) is 15.5. The Morgan fingerprint density at radius 1 is 1.30 bits per heavy atom. The first-order valence-corrected chi connectivity index (χ1v) is 6.03. The van der Waals surface area contributed by atoms with Crippen LogP contribution in [-0.2, 0) is 4.79 Å². The lowest BCUT2D eigenvalue weighted by Gasteiger charge is -2.24. The number of anilines is 1. The van der Waals surface area contributed by atoms with Gasteiger partial charge < -0.3 is 21.1 Å². The lowest BCUT2D eigenvalue weighted by Crippen LogP contribution is -2.44. The first-order chi connectivity index (χ1) is 9.36. The lowest BCUT2D eigenvalue weighted by molar-refractivity contribution is -0.141. The quantitative estimate of drug-likeness (QED) is 0.749. The number of urea groups is 1. The number of hydrogen-bond donors (Lipinski definition) is 3. The highest BCUT2D eigenvalue weighted by molar-refractivity contribution is 5.95. The number of nitrogens with zero attached hydrogens (tertiary/aromatic N) is 1. The van der Waals surface area contributed by atoms with Gasteiger partial charge in [0.2, 0.25) is 5.91 Å². The molecular formula is C13H17N3O4. The maximum atomic E-state index is 11.9. The molecule has 0 radical (unpaired) electrons. The summed E-state index contributed by atoms with van der Waals surface area (Å²) in [5, 5.41) is 11.5. The van der Waals surface area contributed by atoms with Crippen molar-refractivity contribution in [3.63, 3.8) is 0 Å². The third-order valence-corrected chi connectivity index (χ3v) is 2.88. The van der Waals surface area contributed by atoms with Crippen molar-refractivity contribution in [2.75, 3.05) is 12.4 Å². The van der Waals surface area contributed by atoms with Crippen molar-refractivity contribution in [1.82, 2.24) is 4.90 Å². The highest BCUT2D eigenvalue weighted by atomic mass is 16.4. The molecule has 0 aliphatic carbocycles. The van der Waals surface area contributed by atoms with Gasteiger partial charge in [-0.1, -0.05) is 6.92 Å². The van der Waals surface area contributed by atoms with Crippen molar-refractivity contribution in [2.24, 2.45) is 5.73 Å². The van der Waals surface area contributed by atoms with Crippen molar-refractivity contribution >= 4 is 23.6 Å². The van der Waals surface area contributed by atoms with Crippen LogP contribution in [0.3, 0.4) is 0 Å². The number of carbonyl (C=O) groups is 3. The van der Waals surface area contributed by atoms with Gasteiger partial charge in [-0.25, -0.2) is 9.59 Å². The van der Waals surface area contributed by atoms with Crippen molar-refractivity contribution in [3.05, 3.63) is 29.8 Å². The number of hydrogen-bond acceptors (Lipinski definition) is 3. The standard InChI is InChI=1S/C13H17N3O4/c1-3-10(12(18)19)16(2)13(20)15-9-6-4-8(5-7-9)11(14)17/h4-7,10H,3H2,1-2H3,(H2,14,17)(H,15,20)(H,18,19). The molecule has 0 aliphatic rings. The largest absolute Gasteiger partial charge is 0.480 e. The molecule has 20 heavy (non-hydrogen) atoms. The number of carboxylic acids is 1. The summed E-state index contributed by atoms with van der Waals surface area (Å²) >= 11 is 0. The molecule has 0 saturated carbocycles. The number of rotatable bonds is 5. The average Bonchev–Trinajstić information content (AvgIpc) is 2.39. The number of carboxylic acid groups (broad SMARTS) is 1. The fourth-order valence-corrected chi connectivity index (χ4v) is 1.69. The van der Waals surface area contributed by atoms with Crippen molar-refractivity contribution in [1.29, 1.82) is 0 Å². The van der Waals surface area contributed by atoms with Crippen LogP contribution in [0, 0.1) is 0 Å². The molecule has 0 spiro atoms. The summed E-state index contributed by atoms with van der Waals surface area (Å²) in [7, 11) is 1.41. The van der Waals surface area contributed by atoms with Gasteiger partial charge >= 0.3 is 12.0 Å². The minimum Gasteiger partial charge on any atom is -0.480 e. The number of nitrogens with two attached hydrogens (primary N) is 1. The third-order valence-electron chi connectivity index (χ3n) is 2.88. The summed E-state index contributed by atoms with van der Waals surface area (Å²) in [6.45, 7) is 1.68. The molecular weight excluding hydrogens is 262 g/mol. The molecule has 1 unspecified atom stereocenters. The Balaban J connectivity index is 2.74. The number of primary amides is 1. The number of amides is 3. The molecule has 7 nitrogen and oxygen atoms in total. The normalized spacial score (nSPS) is 11.5. The zero-order valence-electron chi connectivity index (χ0n) is 11.3. The summed E-state index contributed by atoms with van der Waals surface area (Å²) in [5.41, 5.74) is 5.88. The van der Waals surface area contributed by atoms with Crippen LogP contribution in [0.5, 0.6) is 0 Å². The second-order valence-electron chi connectivity index (χ2n) is 4.24. The van der Waals surface area contributed by atoms with Gasteiger partial charge in [-0.2, -0.15) is 0 Å². The lowest BCUT2D eigenvalue weighted by atomic mass is 10.2. The van der Waals surface area contributed by atoms with Gasteiger partial charge in [0.1, 0.15) is 6.04 Å². The van der Waals surface area contributed by atoms with E-state index in [2.05, 4.69) is 5.32 Å². The first-order valence-electron chi connectivity index (χ1n) is 6.03. The van der Waals surface area contributed by atoms with Crippen LogP contribution in [0.2, 0.25) is 0 Å². The maximum Gasteiger partial charge on any atom is 0.326 e. The van der Waals surface area contributed by atoms with Crippen molar-refractivity contribution in [3.8, 4) is 0 Å². The number of benzene rings is 1. The van der Waals surface area contributed by atoms with Crippen molar-refractivity contribution in [2.45, 2.75) is 19.4 Å². The van der Waals surface area contributed by atoms with E-state index in [9.17, 15) is 14.4 Å². The summed E-state index contributed by atoms with van der Waals surface area (Å²) < 4.78 is 0. The molecule has 0 saturated heterocycles. The Labute approximate surface area is 116 Å². The van der Waals surface area contributed by atoms with Gasteiger partial charge in [-0.3, -0.25) is 4.79 Å². The van der Waals surface area contributed by atoms with E-state index in [1.165, 1.54) is 31.3 Å². The minimum atomic E-state index is -1.06. The maximum absolute atomic E-state index is 11.9. The van der Waals surface area contributed by atoms with Crippen LogP contribution in [0.4, 0.5) is 10.5 Å². The smallest absolute Gasteiger partial charge is 0.326 e. The molecule has 0 aromatic heterocycles. The van der Waals surface area contributed by atoms with E-state index in [1.807, 2.05) is 0 Å². The van der Waals surface area contributed by atoms with Gasteiger partial charge in [0, 0.05) is 18.3 Å². The molecule has 3 amide bonds. The van der Waals surface area contributed by atoms with Gasteiger partial charge in [-0.05, 0) is 30.7 Å². The van der Waals surface area contributed by atoms with Crippen LogP contribution < -0.4 is 11.1 Å². The monoisotopic (exact) mass is 279 g/mol. The highest BCUT2D eigenvalue weighted by Gasteiger charge is 2.24. The Morgan fingerprint density at radius 3 is 2.25 bits per heavy atom. The fourth-order valence-electron chi connectivity index (χ4n) is 1.69. The van der Waals surface area contributed by atoms with Crippen LogP contribution >= 0.6 is 0 Å². The topological polar surface area (TPSA) is 113 Å². The molecule has 0 bridgehead atoms. The molecule has 0 aliphatic heterocycles. The van der Waals surface area contributed by atoms with Gasteiger partial charge in [-0.15, -0.1) is 0 Å². The molecule has 108 valence electrons. The number of likely N-dealkylation sites (N-methyl/N-ethyl adjacent to an activating group) is 1. The molecule has 0 heterocycles. The molecule has 1 rings (SSSR count). The van der Waals surface area contributed by atoms with Gasteiger partial charge in [0.05, 0.1) is 0 Å². The molecule has 1 aromatic rings. The predicted octanol–water partition coefficient (Wildman–Crippen LogP) is 1.11. The average molecular weight is 279 g/mol. The van der Waals surface area contributed by atoms with Crippen LogP contribution in [-0.4, -0.2) is 41.0 Å². The SMILES string of the molecule is CCC(C(=O)O)N(C)C(=O)Nc1ccc(C(N)=O)cc1. The van der Waals surface area contributed by atoms with Gasteiger partial charge in [0.25, 0.3) is 0 Å². The summed E-state index contributed by atoms with van der Waals surface area (Å²) in [4.78, 5) is 34.9. The number of carbonyl (C=O) groups excluding carboxylic acids is 2. The Morgan fingerprint density at radius 2 is 1.85 bits per heavy atom. The highest BCUT2D eigenvalue weighted by Crippen LogP contribution is 2.11. The molecule has 1 aromatic carbocycles. The second-order valence-corrected chi connectivity index (χ2v) is 4.24. The zero-order valence-corrected chi connectivity index (χ0v) is 11.3. The van der Waals surface area contributed by atoms with E-state index in [0.29, 0.717) is 17.7 Å². The van der Waals surface area contributed by atoms with Crippen molar-refractivity contribution < 1.29 is 19.5 Å². The fraction of sp³-hybridized carbons (Fsp3) is 0.308. The molecule has 1 atom stereocenters. The zero-order chi connectivity index (χ0) is 15.3. The van der Waals surface area contributed by atoms with Crippen LogP contribution in [0.15, 0.2) is 24.3 Å².